The third kappa shape index (κ3) is 5.30. The third-order valence-corrected chi connectivity index (χ3v) is 6.90. The number of carbonyl (C=O) groups is 3. The lowest BCUT2D eigenvalue weighted by atomic mass is 10.1. The highest BCUT2D eigenvalue weighted by atomic mass is 16.6. The number of fused-ring (bicyclic) bond motifs is 1. The van der Waals surface area contributed by atoms with Gasteiger partial charge in [0.2, 0.25) is 11.8 Å². The predicted molar refractivity (Wildman–Crippen MR) is 131 cm³/mol. The van der Waals surface area contributed by atoms with Crippen molar-refractivity contribution in [2.45, 2.75) is 63.6 Å². The van der Waals surface area contributed by atoms with Crippen molar-refractivity contribution in [1.82, 2.24) is 15.6 Å². The van der Waals surface area contributed by atoms with E-state index in [1.807, 2.05) is 19.1 Å². The Kier molecular flexibility index (Phi) is 6.68. The number of benzene rings is 1. The largest absolute Gasteiger partial charge is 0.413 e. The van der Waals surface area contributed by atoms with Crippen molar-refractivity contribution in [1.29, 1.82) is 0 Å². The van der Waals surface area contributed by atoms with Gasteiger partial charge in [-0.25, -0.2) is 4.79 Å². The summed E-state index contributed by atoms with van der Waals surface area (Å²) in [5.41, 5.74) is 2.15. The molecule has 0 radical (unpaired) electrons. The third-order valence-electron chi connectivity index (χ3n) is 6.90. The van der Waals surface area contributed by atoms with Crippen LogP contribution in [0.2, 0.25) is 0 Å². The molecule has 1 aliphatic heterocycles. The maximum Gasteiger partial charge on any atom is 0.413 e. The number of hydrogen-bond donors (Lipinski definition) is 2. The van der Waals surface area contributed by atoms with Gasteiger partial charge in [-0.3, -0.25) is 19.5 Å². The van der Waals surface area contributed by atoms with E-state index in [1.54, 1.807) is 35.5 Å². The average Bonchev–Trinajstić information content (AvgIpc) is 3.55. The zero-order chi connectivity index (χ0) is 24.4. The quantitative estimate of drug-likeness (QED) is 0.634. The second-order valence-electron chi connectivity index (χ2n) is 9.53. The van der Waals surface area contributed by atoms with Crippen LogP contribution in [0.3, 0.4) is 0 Å². The lowest BCUT2D eigenvalue weighted by Crippen LogP contribution is -2.51. The Morgan fingerprint density at radius 2 is 1.94 bits per heavy atom. The monoisotopic (exact) mass is 477 g/mol. The predicted octanol–water partition coefficient (Wildman–Crippen LogP) is 3.31. The first-order chi connectivity index (χ1) is 17.0. The summed E-state index contributed by atoms with van der Waals surface area (Å²) in [6, 6.07) is 9.04. The van der Waals surface area contributed by atoms with E-state index >= 15 is 0 Å². The molecule has 0 bridgehead atoms. The van der Waals surface area contributed by atoms with E-state index in [9.17, 15) is 14.4 Å². The van der Waals surface area contributed by atoms with E-state index in [0.29, 0.717) is 23.2 Å². The lowest BCUT2D eigenvalue weighted by molar-refractivity contribution is -0.122. The minimum absolute atomic E-state index is 0.0115. The van der Waals surface area contributed by atoms with Gasteiger partial charge >= 0.3 is 6.09 Å². The molecule has 9 nitrogen and oxygen atoms in total. The van der Waals surface area contributed by atoms with E-state index in [0.717, 1.165) is 31.2 Å². The van der Waals surface area contributed by atoms with Crippen LogP contribution in [-0.4, -0.2) is 48.1 Å². The van der Waals surface area contributed by atoms with Crippen LogP contribution in [0.5, 0.6) is 5.75 Å². The normalized spacial score (nSPS) is 18.8. The summed E-state index contributed by atoms with van der Waals surface area (Å²) in [7, 11) is 0. The van der Waals surface area contributed by atoms with Crippen LogP contribution in [0.25, 0.3) is 0 Å². The molecular formula is C26H31N5O4. The van der Waals surface area contributed by atoms with Crippen LogP contribution in [-0.2, 0) is 9.59 Å². The molecule has 1 aromatic heterocycles. The highest BCUT2D eigenvalue weighted by Gasteiger charge is 2.40. The van der Waals surface area contributed by atoms with Crippen molar-refractivity contribution in [3.05, 3.63) is 48.3 Å². The molecule has 1 unspecified atom stereocenters. The topological polar surface area (TPSA) is 104 Å². The molecule has 2 aliphatic carbocycles. The Labute approximate surface area is 204 Å². The average molecular weight is 478 g/mol. The number of rotatable bonds is 7. The molecule has 9 heteroatoms. The van der Waals surface area contributed by atoms with Crippen LogP contribution in [0.1, 0.15) is 57.1 Å². The minimum atomic E-state index is -0.604. The number of nitrogens with zero attached hydrogens (tertiary/aromatic N) is 3. The summed E-state index contributed by atoms with van der Waals surface area (Å²) >= 11 is 0. The van der Waals surface area contributed by atoms with Gasteiger partial charge in [-0.2, -0.15) is 0 Å². The van der Waals surface area contributed by atoms with Crippen molar-refractivity contribution < 1.29 is 19.1 Å². The van der Waals surface area contributed by atoms with Crippen LogP contribution in [0.4, 0.5) is 16.2 Å². The molecule has 1 aromatic carbocycles. The Bertz CT molecular complexity index is 1100. The van der Waals surface area contributed by atoms with Crippen LogP contribution >= 0.6 is 0 Å². The Hall–Kier alpha value is -3.46. The van der Waals surface area contributed by atoms with Gasteiger partial charge in [-0.15, -0.1) is 0 Å². The first kappa shape index (κ1) is 23.3. The summed E-state index contributed by atoms with van der Waals surface area (Å²) in [6.07, 6.45) is 9.17. The molecule has 35 heavy (non-hydrogen) atoms. The fourth-order valence-corrected chi connectivity index (χ4v) is 4.86. The molecule has 5 rings (SSSR count). The minimum Gasteiger partial charge on any atom is -0.410 e. The second kappa shape index (κ2) is 10.0. The highest BCUT2D eigenvalue weighted by molar-refractivity contribution is 6.12. The standard InChI is InChI=1S/C26H31N5O4/c1-17(18-5-4-12-27-14-18)29-26(34)35-21-10-11-22-23(13-21)30(16-25(33)31(22)20-8-9-20)24(32)15-28-19-6-2-3-7-19/h4-5,10-14,17,19-20,28H,2-3,6-9,15-16H2,1H3,(H,29,34). The summed E-state index contributed by atoms with van der Waals surface area (Å²) in [5.74, 6) is 0.0750. The van der Waals surface area contributed by atoms with Crippen LogP contribution < -0.4 is 25.2 Å². The lowest BCUT2D eigenvalue weighted by Gasteiger charge is -2.36. The molecule has 3 aliphatic rings. The zero-order valence-corrected chi connectivity index (χ0v) is 19.9. The Morgan fingerprint density at radius 1 is 1.14 bits per heavy atom. The molecule has 184 valence electrons. The van der Waals surface area contributed by atoms with E-state index in [2.05, 4.69) is 15.6 Å². The van der Waals surface area contributed by atoms with Crippen molar-refractivity contribution >= 4 is 29.3 Å². The van der Waals surface area contributed by atoms with Gasteiger partial charge in [0.1, 0.15) is 12.3 Å². The molecule has 2 aromatic rings. The fourth-order valence-electron chi connectivity index (χ4n) is 4.86. The number of aromatic nitrogens is 1. The van der Waals surface area contributed by atoms with Gasteiger partial charge in [-0.1, -0.05) is 18.9 Å². The number of hydrogen-bond acceptors (Lipinski definition) is 6. The number of nitrogens with one attached hydrogen (secondary N) is 2. The maximum atomic E-state index is 13.2. The summed E-state index contributed by atoms with van der Waals surface area (Å²) in [6.45, 7) is 2.01. The van der Waals surface area contributed by atoms with E-state index in [4.69, 9.17) is 4.74 Å². The van der Waals surface area contributed by atoms with Crippen LogP contribution in [0, 0.1) is 0 Å². The van der Waals surface area contributed by atoms with Gasteiger partial charge < -0.3 is 20.3 Å². The fraction of sp³-hybridized carbons (Fsp3) is 0.462. The van der Waals surface area contributed by atoms with Gasteiger partial charge in [0.25, 0.3) is 0 Å². The maximum absolute atomic E-state index is 13.2. The second-order valence-corrected chi connectivity index (χ2v) is 9.53. The van der Waals surface area contributed by atoms with Gasteiger partial charge in [0.15, 0.2) is 0 Å². The van der Waals surface area contributed by atoms with Gasteiger partial charge in [0, 0.05) is 30.5 Å². The molecule has 1 atom stereocenters. The Morgan fingerprint density at radius 3 is 2.66 bits per heavy atom. The van der Waals surface area contributed by atoms with Gasteiger partial charge in [-0.05, 0) is 56.4 Å². The summed E-state index contributed by atoms with van der Waals surface area (Å²) in [4.78, 5) is 46.0. The van der Waals surface area contributed by atoms with Crippen LogP contribution in [0.15, 0.2) is 42.7 Å². The summed E-state index contributed by atoms with van der Waals surface area (Å²) < 4.78 is 5.55. The van der Waals surface area contributed by atoms with Crippen molar-refractivity contribution in [3.8, 4) is 5.75 Å². The van der Waals surface area contributed by atoms with Crippen molar-refractivity contribution in [2.75, 3.05) is 22.9 Å². The molecule has 2 fully saturated rings. The van der Waals surface area contributed by atoms with Crippen molar-refractivity contribution in [3.63, 3.8) is 0 Å². The number of pyridine rings is 1. The number of amides is 3. The van der Waals surface area contributed by atoms with E-state index in [1.165, 1.54) is 17.7 Å². The van der Waals surface area contributed by atoms with E-state index < -0.39 is 6.09 Å². The molecule has 0 spiro atoms. The van der Waals surface area contributed by atoms with Gasteiger partial charge in [0.05, 0.1) is 24.0 Å². The molecular weight excluding hydrogens is 446 g/mol. The molecule has 3 amide bonds. The smallest absolute Gasteiger partial charge is 0.410 e. The first-order valence-corrected chi connectivity index (χ1v) is 12.4. The zero-order valence-electron chi connectivity index (χ0n) is 19.9. The molecule has 2 heterocycles. The number of ether oxygens (including phenoxy) is 1. The molecule has 2 saturated carbocycles. The molecule has 0 saturated heterocycles. The first-order valence-electron chi connectivity index (χ1n) is 12.4. The summed E-state index contributed by atoms with van der Waals surface area (Å²) in [5, 5.41) is 6.14. The van der Waals surface area contributed by atoms with E-state index in [-0.39, 0.29) is 37.0 Å². The Balaban J connectivity index is 1.32. The highest BCUT2D eigenvalue weighted by Crippen LogP contribution is 2.42. The molecule has 2 N–H and O–H groups in total. The number of carbonyl (C=O) groups excluding carboxylic acids is 3. The SMILES string of the molecule is CC(NC(=O)Oc1ccc2c(c1)N(C(=O)CNC1CCCC1)CC(=O)N2C1CC1)c1cccnc1. The van der Waals surface area contributed by atoms with Crippen molar-refractivity contribution in [2.24, 2.45) is 0 Å². The number of anilines is 2.